The molecule has 2 aromatic rings. The zero-order chi connectivity index (χ0) is 33.7. The lowest BCUT2D eigenvalue weighted by Crippen LogP contribution is -2.46. The number of aliphatic carboxylic acids is 1. The summed E-state index contributed by atoms with van der Waals surface area (Å²) in [6.07, 6.45) is -0.962. The van der Waals surface area contributed by atoms with Gasteiger partial charge in [0.25, 0.3) is 5.69 Å². The SMILES string of the molecule is CNCCCN(C)c1c(-c2cccc(N(C(=O)OC(C)(C)C)[C@H]3C[C@@H](C(=O)O)N(C(=O)OC(C)(C)C)C3)n2)cccc1[N+](=O)[O-]. The van der Waals surface area contributed by atoms with Crippen molar-refractivity contribution in [2.75, 3.05) is 43.5 Å². The summed E-state index contributed by atoms with van der Waals surface area (Å²) in [6, 6.07) is 7.56. The van der Waals surface area contributed by atoms with Gasteiger partial charge in [0.2, 0.25) is 0 Å². The second-order valence-corrected chi connectivity index (χ2v) is 12.9. The minimum atomic E-state index is -1.26. The highest BCUT2D eigenvalue weighted by Crippen LogP contribution is 2.38. The summed E-state index contributed by atoms with van der Waals surface area (Å²) in [5.74, 6) is -1.10. The van der Waals surface area contributed by atoms with Crippen LogP contribution in [0.4, 0.5) is 26.8 Å². The van der Waals surface area contributed by atoms with E-state index in [0.29, 0.717) is 23.5 Å². The molecule has 0 unspecified atom stereocenters. The number of benzene rings is 1. The lowest BCUT2D eigenvalue weighted by atomic mass is 10.1. The molecule has 1 aromatic heterocycles. The highest BCUT2D eigenvalue weighted by molar-refractivity contribution is 5.90. The first kappa shape index (κ1) is 35.0. The number of carbonyl (C=O) groups excluding carboxylic acids is 2. The number of ether oxygens (including phenoxy) is 2. The Morgan fingerprint density at radius 2 is 1.73 bits per heavy atom. The molecular formula is C31H44N6O8. The van der Waals surface area contributed by atoms with Crippen molar-refractivity contribution in [2.24, 2.45) is 0 Å². The van der Waals surface area contributed by atoms with Gasteiger partial charge >= 0.3 is 18.2 Å². The van der Waals surface area contributed by atoms with Crippen LogP contribution >= 0.6 is 0 Å². The number of nitrogens with one attached hydrogen (secondary N) is 1. The molecule has 1 aliphatic rings. The summed E-state index contributed by atoms with van der Waals surface area (Å²) in [5.41, 5.74) is -0.649. The normalized spacial score (nSPS) is 16.7. The van der Waals surface area contributed by atoms with Crippen molar-refractivity contribution in [3.05, 3.63) is 46.5 Å². The number of nitro groups is 1. The summed E-state index contributed by atoms with van der Waals surface area (Å²) in [7, 11) is 3.60. The fraction of sp³-hybridized carbons (Fsp3) is 0.548. The van der Waals surface area contributed by atoms with Gasteiger partial charge in [0.1, 0.15) is 28.7 Å². The van der Waals surface area contributed by atoms with Crippen molar-refractivity contribution < 1.29 is 33.9 Å². The van der Waals surface area contributed by atoms with E-state index in [1.807, 2.05) is 7.05 Å². The fourth-order valence-corrected chi connectivity index (χ4v) is 5.10. The third-order valence-corrected chi connectivity index (χ3v) is 6.92. The molecule has 0 bridgehead atoms. The monoisotopic (exact) mass is 628 g/mol. The van der Waals surface area contributed by atoms with E-state index in [9.17, 15) is 29.6 Å². The predicted molar refractivity (Wildman–Crippen MR) is 170 cm³/mol. The van der Waals surface area contributed by atoms with Gasteiger partial charge in [-0.15, -0.1) is 0 Å². The number of carbonyl (C=O) groups is 3. The molecule has 2 atom stereocenters. The molecule has 2 N–H and O–H groups in total. The highest BCUT2D eigenvalue weighted by Gasteiger charge is 2.46. The van der Waals surface area contributed by atoms with Crippen molar-refractivity contribution in [2.45, 2.75) is 77.7 Å². The van der Waals surface area contributed by atoms with E-state index in [-0.39, 0.29) is 24.5 Å². The number of carboxylic acid groups (broad SMARTS) is 1. The smallest absolute Gasteiger partial charge is 0.416 e. The Balaban J connectivity index is 2.12. The summed E-state index contributed by atoms with van der Waals surface area (Å²) in [4.78, 5) is 59.5. The number of likely N-dealkylation sites (tertiary alicyclic amines) is 1. The van der Waals surface area contributed by atoms with Gasteiger partial charge in [0.05, 0.1) is 16.7 Å². The number of nitrogens with zero attached hydrogens (tertiary/aromatic N) is 5. The van der Waals surface area contributed by atoms with Crippen LogP contribution in [0.1, 0.15) is 54.4 Å². The molecule has 0 radical (unpaired) electrons. The number of hydrogen-bond acceptors (Lipinski definition) is 10. The maximum absolute atomic E-state index is 13.7. The van der Waals surface area contributed by atoms with Crippen molar-refractivity contribution in [3.8, 4) is 11.3 Å². The van der Waals surface area contributed by atoms with E-state index in [4.69, 9.17) is 14.5 Å². The second-order valence-electron chi connectivity index (χ2n) is 12.9. The number of nitro benzene ring substituents is 1. The molecule has 1 saturated heterocycles. The Hall–Kier alpha value is -4.46. The topological polar surface area (TPSA) is 168 Å². The van der Waals surface area contributed by atoms with Crippen molar-refractivity contribution in [1.29, 1.82) is 0 Å². The molecule has 1 fully saturated rings. The van der Waals surface area contributed by atoms with Crippen LogP contribution in [0.25, 0.3) is 11.3 Å². The van der Waals surface area contributed by atoms with E-state index in [1.165, 1.54) is 11.0 Å². The number of pyridine rings is 1. The molecule has 0 saturated carbocycles. The molecule has 0 aliphatic carbocycles. The molecule has 1 aliphatic heterocycles. The lowest BCUT2D eigenvalue weighted by molar-refractivity contribution is -0.384. The molecule has 45 heavy (non-hydrogen) atoms. The van der Waals surface area contributed by atoms with E-state index in [1.54, 1.807) is 83.8 Å². The number of hydrogen-bond donors (Lipinski definition) is 2. The zero-order valence-electron chi connectivity index (χ0n) is 27.2. The molecule has 14 nitrogen and oxygen atoms in total. The summed E-state index contributed by atoms with van der Waals surface area (Å²) < 4.78 is 11.2. The van der Waals surface area contributed by atoms with Gasteiger partial charge in [0.15, 0.2) is 0 Å². The fourth-order valence-electron chi connectivity index (χ4n) is 5.10. The number of para-hydroxylation sites is 1. The predicted octanol–water partition coefficient (Wildman–Crippen LogP) is 4.91. The van der Waals surface area contributed by atoms with Gasteiger partial charge in [-0.25, -0.2) is 19.4 Å². The van der Waals surface area contributed by atoms with Gasteiger partial charge in [-0.05, 0) is 73.7 Å². The lowest BCUT2D eigenvalue weighted by Gasteiger charge is -2.31. The molecule has 3 rings (SSSR count). The molecule has 1 aromatic carbocycles. The van der Waals surface area contributed by atoms with Crippen LogP contribution in [-0.4, -0.2) is 95.1 Å². The minimum Gasteiger partial charge on any atom is -0.480 e. The first-order chi connectivity index (χ1) is 20.9. The molecule has 0 spiro atoms. The minimum absolute atomic E-state index is 0.0937. The second kappa shape index (κ2) is 14.1. The summed E-state index contributed by atoms with van der Waals surface area (Å²) >= 11 is 0. The average Bonchev–Trinajstić information content (AvgIpc) is 3.36. The Bertz CT molecular complexity index is 1400. The van der Waals surface area contributed by atoms with Crippen molar-refractivity contribution in [1.82, 2.24) is 15.2 Å². The quantitative estimate of drug-likeness (QED) is 0.208. The molecule has 14 heteroatoms. The zero-order valence-corrected chi connectivity index (χ0v) is 27.2. The van der Waals surface area contributed by atoms with Crippen molar-refractivity contribution in [3.63, 3.8) is 0 Å². The Morgan fingerprint density at radius 1 is 1.09 bits per heavy atom. The third-order valence-electron chi connectivity index (χ3n) is 6.92. The van der Waals surface area contributed by atoms with Crippen LogP contribution in [-0.2, 0) is 14.3 Å². The largest absolute Gasteiger partial charge is 0.480 e. The first-order valence-electron chi connectivity index (χ1n) is 14.8. The van der Waals surface area contributed by atoms with Crippen LogP contribution in [0.5, 0.6) is 0 Å². The number of anilines is 2. The van der Waals surface area contributed by atoms with E-state index < -0.39 is 46.4 Å². The molecular weight excluding hydrogens is 584 g/mol. The number of rotatable bonds is 10. The molecule has 2 amide bonds. The summed E-state index contributed by atoms with van der Waals surface area (Å²) in [5, 5.41) is 25.1. The standard InChI is InChI=1S/C31H44N6O8/c1-30(2,3)44-28(40)35-19-20(18-24(35)27(38)39)36(29(41)45-31(4,5)6)25-15-10-13-22(33-25)21-12-9-14-23(37(42)43)26(21)34(8)17-11-16-32-7/h9-10,12-15,20,24,32H,11,16-19H2,1-8H3,(H,38,39)/t20-,24-/m0/s1. The Labute approximate surface area is 263 Å². The Morgan fingerprint density at radius 3 is 2.31 bits per heavy atom. The van der Waals surface area contributed by atoms with E-state index in [0.717, 1.165) is 17.9 Å². The molecule has 2 heterocycles. The highest BCUT2D eigenvalue weighted by atomic mass is 16.6. The van der Waals surface area contributed by atoms with Crippen LogP contribution in [0.2, 0.25) is 0 Å². The van der Waals surface area contributed by atoms with Crippen LogP contribution in [0, 0.1) is 10.1 Å². The summed E-state index contributed by atoms with van der Waals surface area (Å²) in [6.45, 7) is 11.2. The van der Waals surface area contributed by atoms with Gasteiger partial charge in [0, 0.05) is 38.2 Å². The number of carboxylic acids is 1. The first-order valence-corrected chi connectivity index (χ1v) is 14.8. The van der Waals surface area contributed by atoms with Crippen LogP contribution in [0.15, 0.2) is 36.4 Å². The maximum atomic E-state index is 13.7. The third kappa shape index (κ3) is 9.03. The van der Waals surface area contributed by atoms with Gasteiger partial charge in [-0.1, -0.05) is 18.2 Å². The Kier molecular flexibility index (Phi) is 11.0. The van der Waals surface area contributed by atoms with Gasteiger partial charge in [-0.2, -0.15) is 0 Å². The molecule has 246 valence electrons. The number of aromatic nitrogens is 1. The maximum Gasteiger partial charge on any atom is 0.416 e. The van der Waals surface area contributed by atoms with E-state index in [2.05, 4.69) is 5.32 Å². The van der Waals surface area contributed by atoms with E-state index >= 15 is 0 Å². The van der Waals surface area contributed by atoms with Crippen LogP contribution < -0.4 is 15.1 Å². The number of amides is 2. The van der Waals surface area contributed by atoms with Gasteiger partial charge < -0.3 is 24.8 Å². The van der Waals surface area contributed by atoms with Gasteiger partial charge in [-0.3, -0.25) is 19.9 Å². The average molecular weight is 629 g/mol. The van der Waals surface area contributed by atoms with Crippen molar-refractivity contribution >= 4 is 35.3 Å². The van der Waals surface area contributed by atoms with Crippen LogP contribution in [0.3, 0.4) is 0 Å².